The van der Waals surface area contributed by atoms with Crippen LogP contribution in [0.4, 0.5) is 20.2 Å². The maximum atomic E-state index is 13.2. The van der Waals surface area contributed by atoms with Gasteiger partial charge in [0.25, 0.3) is 0 Å². The van der Waals surface area contributed by atoms with E-state index in [1.807, 2.05) is 4.90 Å². The average molecular weight is 366 g/mol. The Hall–Kier alpha value is -1.59. The second kappa shape index (κ2) is 8.68. The number of anilines is 2. The van der Waals surface area contributed by atoms with Crippen molar-refractivity contribution in [3.05, 3.63) is 60.2 Å². The van der Waals surface area contributed by atoms with Gasteiger partial charge in [-0.3, -0.25) is 0 Å². The van der Waals surface area contributed by atoms with E-state index in [4.69, 9.17) is 4.18 Å². The first-order valence-electron chi connectivity index (χ1n) is 8.35. The van der Waals surface area contributed by atoms with E-state index >= 15 is 0 Å². The Morgan fingerprint density at radius 2 is 1.32 bits per heavy atom. The number of rotatable bonds is 7. The molecular formula is C20H26F2NOS+. The lowest BCUT2D eigenvalue weighted by atomic mass is 10.2. The molecule has 0 amide bonds. The highest BCUT2D eigenvalue weighted by Gasteiger charge is 2.31. The monoisotopic (exact) mass is 366 g/mol. The van der Waals surface area contributed by atoms with Crippen LogP contribution in [0.3, 0.4) is 0 Å². The molecular weight excluding hydrogens is 340 g/mol. The number of hydrogen-bond acceptors (Lipinski definition) is 2. The van der Waals surface area contributed by atoms with Gasteiger partial charge in [-0.05, 0) is 75.7 Å². The summed E-state index contributed by atoms with van der Waals surface area (Å²) in [6.45, 7) is 7.85. The van der Waals surface area contributed by atoms with Crippen LogP contribution in [0.1, 0.15) is 27.2 Å². The minimum atomic E-state index is -0.272. The fourth-order valence-corrected chi connectivity index (χ4v) is 2.95. The molecule has 136 valence electrons. The van der Waals surface area contributed by atoms with E-state index in [1.165, 1.54) is 24.3 Å². The van der Waals surface area contributed by atoms with Crippen LogP contribution in [-0.2, 0) is 15.4 Å². The fourth-order valence-electron chi connectivity index (χ4n) is 2.23. The summed E-state index contributed by atoms with van der Waals surface area (Å²) in [6.07, 6.45) is 2.93. The van der Waals surface area contributed by atoms with Gasteiger partial charge in [0.2, 0.25) is 0 Å². The van der Waals surface area contributed by atoms with Crippen molar-refractivity contribution in [1.82, 2.24) is 0 Å². The van der Waals surface area contributed by atoms with E-state index in [9.17, 15) is 8.78 Å². The molecule has 2 rings (SSSR count). The summed E-state index contributed by atoms with van der Waals surface area (Å²) in [6, 6.07) is 12.7. The molecule has 0 aliphatic carbocycles. The second-order valence-electron chi connectivity index (χ2n) is 6.85. The van der Waals surface area contributed by atoms with Crippen molar-refractivity contribution >= 4 is 22.6 Å². The molecule has 0 saturated carbocycles. The molecule has 0 aromatic heterocycles. The van der Waals surface area contributed by atoms with E-state index < -0.39 is 0 Å². The Labute approximate surface area is 152 Å². The smallest absolute Gasteiger partial charge is 0.152 e. The van der Waals surface area contributed by atoms with Gasteiger partial charge in [-0.1, -0.05) is 0 Å². The Bertz CT molecular complexity index is 607. The van der Waals surface area contributed by atoms with Crippen molar-refractivity contribution in [3.8, 4) is 0 Å². The number of benzene rings is 2. The van der Waals surface area contributed by atoms with Gasteiger partial charge in [0.05, 0.1) is 0 Å². The summed E-state index contributed by atoms with van der Waals surface area (Å²) in [4.78, 5) is 2.05. The molecule has 2 nitrogen and oxygen atoms in total. The summed E-state index contributed by atoms with van der Waals surface area (Å²) in [5, 5.41) is 0. The van der Waals surface area contributed by atoms with Crippen molar-refractivity contribution in [2.75, 3.05) is 24.3 Å². The standard InChI is InChI=1S/C20H26F2NOS/c1-20(2,3)25(4)24-15-5-14-23(18-10-6-16(21)7-11-18)19-12-8-17(22)9-13-19/h6-13H,5,14-15H2,1-4H3/q+1. The van der Waals surface area contributed by atoms with Gasteiger partial charge in [0, 0.05) is 17.9 Å². The lowest BCUT2D eigenvalue weighted by Gasteiger charge is -2.25. The van der Waals surface area contributed by atoms with Crippen molar-refractivity contribution in [2.45, 2.75) is 31.9 Å². The quantitative estimate of drug-likeness (QED) is 0.476. The third kappa shape index (κ3) is 6.01. The van der Waals surface area contributed by atoms with E-state index in [0.717, 1.165) is 17.8 Å². The second-order valence-corrected chi connectivity index (χ2v) is 9.22. The highest BCUT2D eigenvalue weighted by Crippen LogP contribution is 2.26. The minimum absolute atomic E-state index is 0.115. The number of halogens is 2. The van der Waals surface area contributed by atoms with Crippen LogP contribution in [-0.4, -0.2) is 24.2 Å². The lowest BCUT2D eigenvalue weighted by molar-refractivity contribution is 0.348. The van der Waals surface area contributed by atoms with Crippen LogP contribution in [0, 0.1) is 11.6 Å². The predicted octanol–water partition coefficient (Wildman–Crippen LogP) is 5.47. The largest absolute Gasteiger partial charge is 0.341 e. The first-order chi connectivity index (χ1) is 11.8. The van der Waals surface area contributed by atoms with Gasteiger partial charge >= 0.3 is 0 Å². The molecule has 0 aliphatic heterocycles. The van der Waals surface area contributed by atoms with Gasteiger partial charge in [0.1, 0.15) is 35.7 Å². The molecule has 0 saturated heterocycles. The number of hydrogen-bond donors (Lipinski definition) is 0. The van der Waals surface area contributed by atoms with Crippen LogP contribution >= 0.6 is 0 Å². The van der Waals surface area contributed by atoms with Gasteiger partial charge < -0.3 is 4.90 Å². The summed E-state index contributed by atoms with van der Waals surface area (Å²) < 4.78 is 32.5. The zero-order valence-corrected chi connectivity index (χ0v) is 16.1. The average Bonchev–Trinajstić information content (AvgIpc) is 2.56. The Morgan fingerprint density at radius 1 is 0.880 bits per heavy atom. The molecule has 0 N–H and O–H groups in total. The molecule has 5 heteroatoms. The van der Waals surface area contributed by atoms with Gasteiger partial charge in [-0.15, -0.1) is 0 Å². The first-order valence-corrected chi connectivity index (χ1v) is 9.91. The van der Waals surface area contributed by atoms with Crippen LogP contribution in [0.25, 0.3) is 0 Å². The Balaban J connectivity index is 2.05. The summed E-state index contributed by atoms with van der Waals surface area (Å²) in [7, 11) is 0. The normalized spacial score (nSPS) is 12.9. The van der Waals surface area contributed by atoms with Crippen molar-refractivity contribution in [1.29, 1.82) is 0 Å². The highest BCUT2D eigenvalue weighted by atomic mass is 32.2. The molecule has 2 aromatic rings. The van der Waals surface area contributed by atoms with Gasteiger partial charge in [-0.2, -0.15) is 4.18 Å². The maximum Gasteiger partial charge on any atom is 0.152 e. The topological polar surface area (TPSA) is 12.5 Å². The molecule has 0 fully saturated rings. The van der Waals surface area contributed by atoms with E-state index in [1.54, 1.807) is 24.3 Å². The van der Waals surface area contributed by atoms with Gasteiger partial charge in [0.15, 0.2) is 4.75 Å². The predicted molar refractivity (Wildman–Crippen MR) is 103 cm³/mol. The molecule has 1 unspecified atom stereocenters. The molecule has 25 heavy (non-hydrogen) atoms. The molecule has 0 radical (unpaired) electrons. The third-order valence-electron chi connectivity index (χ3n) is 3.93. The van der Waals surface area contributed by atoms with E-state index in [-0.39, 0.29) is 27.6 Å². The van der Waals surface area contributed by atoms with Gasteiger partial charge in [-0.25, -0.2) is 8.78 Å². The van der Waals surface area contributed by atoms with Crippen LogP contribution in [0.2, 0.25) is 0 Å². The molecule has 1 atom stereocenters. The van der Waals surface area contributed by atoms with Crippen LogP contribution in [0.5, 0.6) is 0 Å². The lowest BCUT2D eigenvalue weighted by Crippen LogP contribution is -2.30. The van der Waals surface area contributed by atoms with E-state index in [0.29, 0.717) is 13.2 Å². The molecule has 0 bridgehead atoms. The minimum Gasteiger partial charge on any atom is -0.341 e. The molecule has 0 heterocycles. The Morgan fingerprint density at radius 3 is 1.72 bits per heavy atom. The van der Waals surface area contributed by atoms with Crippen molar-refractivity contribution < 1.29 is 13.0 Å². The molecule has 2 aromatic carbocycles. The summed E-state index contributed by atoms with van der Waals surface area (Å²) in [5.74, 6) is -0.544. The first kappa shape index (κ1) is 19.7. The van der Waals surface area contributed by atoms with Crippen LogP contribution in [0.15, 0.2) is 48.5 Å². The number of nitrogens with zero attached hydrogens (tertiary/aromatic N) is 1. The van der Waals surface area contributed by atoms with Crippen molar-refractivity contribution in [2.24, 2.45) is 0 Å². The van der Waals surface area contributed by atoms with E-state index in [2.05, 4.69) is 27.0 Å². The summed E-state index contributed by atoms with van der Waals surface area (Å²) >= 11 is -0.115. The Kier molecular flexibility index (Phi) is 6.85. The highest BCUT2D eigenvalue weighted by molar-refractivity contribution is 7.93. The van der Waals surface area contributed by atoms with Crippen molar-refractivity contribution in [3.63, 3.8) is 0 Å². The fraction of sp³-hybridized carbons (Fsp3) is 0.400. The summed E-state index contributed by atoms with van der Waals surface area (Å²) in [5.41, 5.74) is 1.75. The molecule has 0 aliphatic rings. The SMILES string of the molecule is C[S+](OCCCN(c1ccc(F)cc1)c1ccc(F)cc1)C(C)(C)C. The van der Waals surface area contributed by atoms with Crippen LogP contribution < -0.4 is 4.90 Å². The maximum absolute atomic E-state index is 13.2. The zero-order chi connectivity index (χ0) is 18.4. The third-order valence-corrected chi connectivity index (χ3v) is 6.17. The molecule has 0 spiro atoms. The zero-order valence-electron chi connectivity index (χ0n) is 15.3.